The number of carbonyl (C=O) groups is 1. The summed E-state index contributed by atoms with van der Waals surface area (Å²) in [6.07, 6.45) is 0.312. The molecule has 0 aliphatic carbocycles. The van der Waals surface area contributed by atoms with E-state index >= 15 is 0 Å². The Kier molecular flexibility index (Phi) is 6.63. The number of ether oxygens (including phenoxy) is 1. The lowest BCUT2D eigenvalue weighted by atomic mass is 9.88. The third kappa shape index (κ3) is 5.18. The van der Waals surface area contributed by atoms with Gasteiger partial charge in [0.1, 0.15) is 0 Å². The molecule has 0 spiro atoms. The number of hydrogen-bond acceptors (Lipinski definition) is 3. The number of methoxy groups -OCH3 is 1. The SMILES string of the molecule is COCc1cc(CNC(=O)CC(c2ccccc2)c2ccccc2Cl)[nH]n1. The standard InChI is InChI=1S/C21H22ClN3O2/c1-27-14-17-11-16(24-25-17)13-23-21(26)12-19(15-7-3-2-4-8-15)18-9-5-6-10-20(18)22/h2-11,19H,12-14H2,1H3,(H,23,26)(H,24,25). The summed E-state index contributed by atoms with van der Waals surface area (Å²) in [5.74, 6) is -0.155. The van der Waals surface area contributed by atoms with Crippen molar-refractivity contribution in [2.24, 2.45) is 0 Å². The van der Waals surface area contributed by atoms with E-state index in [-0.39, 0.29) is 11.8 Å². The van der Waals surface area contributed by atoms with Crippen LogP contribution in [0, 0.1) is 0 Å². The molecule has 0 saturated carbocycles. The van der Waals surface area contributed by atoms with Gasteiger partial charge >= 0.3 is 0 Å². The summed E-state index contributed by atoms with van der Waals surface area (Å²) in [4.78, 5) is 12.6. The van der Waals surface area contributed by atoms with Gasteiger partial charge in [0.25, 0.3) is 0 Å². The maximum Gasteiger partial charge on any atom is 0.221 e. The smallest absolute Gasteiger partial charge is 0.221 e. The van der Waals surface area contributed by atoms with Crippen molar-refractivity contribution in [3.63, 3.8) is 0 Å². The van der Waals surface area contributed by atoms with Crippen LogP contribution in [0.2, 0.25) is 5.02 Å². The highest BCUT2D eigenvalue weighted by Crippen LogP contribution is 2.32. The van der Waals surface area contributed by atoms with E-state index in [0.717, 1.165) is 22.5 Å². The Hall–Kier alpha value is -2.63. The van der Waals surface area contributed by atoms with Crippen LogP contribution < -0.4 is 5.32 Å². The van der Waals surface area contributed by atoms with Crippen molar-refractivity contribution in [1.82, 2.24) is 15.5 Å². The number of benzene rings is 2. The highest BCUT2D eigenvalue weighted by Gasteiger charge is 2.20. The van der Waals surface area contributed by atoms with Gasteiger partial charge in [-0.25, -0.2) is 0 Å². The quantitative estimate of drug-likeness (QED) is 0.616. The minimum absolute atomic E-state index is 0.0494. The summed E-state index contributed by atoms with van der Waals surface area (Å²) in [5, 5.41) is 10.7. The minimum Gasteiger partial charge on any atom is -0.378 e. The predicted octanol–water partition coefficient (Wildman–Crippen LogP) is 4.05. The Labute approximate surface area is 163 Å². The van der Waals surface area contributed by atoms with Crippen molar-refractivity contribution < 1.29 is 9.53 Å². The molecule has 1 amide bonds. The minimum atomic E-state index is -0.106. The zero-order valence-corrected chi connectivity index (χ0v) is 15.9. The topological polar surface area (TPSA) is 67.0 Å². The zero-order chi connectivity index (χ0) is 19.1. The van der Waals surface area contributed by atoms with E-state index in [1.807, 2.05) is 60.7 Å². The zero-order valence-electron chi connectivity index (χ0n) is 15.1. The summed E-state index contributed by atoms with van der Waals surface area (Å²) in [6.45, 7) is 0.826. The lowest BCUT2D eigenvalue weighted by molar-refractivity contribution is -0.121. The van der Waals surface area contributed by atoms with Gasteiger partial charge in [0.2, 0.25) is 5.91 Å². The number of H-pyrrole nitrogens is 1. The van der Waals surface area contributed by atoms with Gasteiger partial charge < -0.3 is 10.1 Å². The second kappa shape index (κ2) is 9.35. The highest BCUT2D eigenvalue weighted by molar-refractivity contribution is 6.31. The number of hydrogen-bond donors (Lipinski definition) is 2. The molecule has 0 radical (unpaired) electrons. The van der Waals surface area contributed by atoms with Crippen molar-refractivity contribution in [3.05, 3.63) is 88.2 Å². The van der Waals surface area contributed by atoms with Crippen LogP contribution >= 0.6 is 11.6 Å². The number of carbonyl (C=O) groups excluding carboxylic acids is 1. The Balaban J connectivity index is 1.70. The lowest BCUT2D eigenvalue weighted by Crippen LogP contribution is -2.25. The maximum absolute atomic E-state index is 12.6. The van der Waals surface area contributed by atoms with E-state index in [9.17, 15) is 4.79 Å². The van der Waals surface area contributed by atoms with Crippen molar-refractivity contribution >= 4 is 17.5 Å². The van der Waals surface area contributed by atoms with Crippen molar-refractivity contribution in [2.75, 3.05) is 7.11 Å². The van der Waals surface area contributed by atoms with Crippen LogP contribution in [0.15, 0.2) is 60.7 Å². The molecule has 27 heavy (non-hydrogen) atoms. The summed E-state index contributed by atoms with van der Waals surface area (Å²) in [6, 6.07) is 19.5. The van der Waals surface area contributed by atoms with Crippen molar-refractivity contribution in [1.29, 1.82) is 0 Å². The van der Waals surface area contributed by atoms with Gasteiger partial charge in [-0.2, -0.15) is 5.10 Å². The molecule has 1 unspecified atom stereocenters. The molecular formula is C21H22ClN3O2. The van der Waals surface area contributed by atoms with Gasteiger partial charge in [-0.15, -0.1) is 0 Å². The molecule has 2 aromatic carbocycles. The fraction of sp³-hybridized carbons (Fsp3) is 0.238. The lowest BCUT2D eigenvalue weighted by Gasteiger charge is -2.19. The summed E-state index contributed by atoms with van der Waals surface area (Å²) < 4.78 is 5.05. The molecule has 0 fully saturated rings. The molecule has 3 rings (SSSR count). The van der Waals surface area contributed by atoms with Gasteiger partial charge in [0, 0.05) is 24.5 Å². The second-order valence-electron chi connectivity index (χ2n) is 6.28. The van der Waals surface area contributed by atoms with E-state index in [1.165, 1.54) is 0 Å². The number of aromatic amines is 1. The summed E-state index contributed by atoms with van der Waals surface area (Å²) in [5.41, 5.74) is 3.65. The monoisotopic (exact) mass is 383 g/mol. The number of aromatic nitrogens is 2. The van der Waals surface area contributed by atoms with Crippen molar-refractivity contribution in [3.8, 4) is 0 Å². The van der Waals surface area contributed by atoms with Gasteiger partial charge in [-0.3, -0.25) is 9.89 Å². The first-order valence-corrected chi connectivity index (χ1v) is 9.13. The van der Waals surface area contributed by atoms with Crippen LogP contribution in [-0.2, 0) is 22.7 Å². The van der Waals surface area contributed by atoms with Gasteiger partial charge in [0.15, 0.2) is 0 Å². The molecule has 0 aliphatic rings. The summed E-state index contributed by atoms with van der Waals surface area (Å²) >= 11 is 6.40. The second-order valence-corrected chi connectivity index (χ2v) is 6.69. The number of nitrogens with zero attached hydrogens (tertiary/aromatic N) is 1. The number of amides is 1. The van der Waals surface area contributed by atoms with E-state index < -0.39 is 0 Å². The van der Waals surface area contributed by atoms with E-state index in [4.69, 9.17) is 16.3 Å². The molecule has 6 heteroatoms. The summed E-state index contributed by atoms with van der Waals surface area (Å²) in [7, 11) is 1.62. The molecular weight excluding hydrogens is 362 g/mol. The third-order valence-electron chi connectivity index (χ3n) is 4.32. The van der Waals surface area contributed by atoms with E-state index in [0.29, 0.717) is 24.6 Å². The first kappa shape index (κ1) is 19.1. The van der Waals surface area contributed by atoms with Crippen LogP contribution in [0.5, 0.6) is 0 Å². The fourth-order valence-corrected chi connectivity index (χ4v) is 3.29. The molecule has 1 heterocycles. The maximum atomic E-state index is 12.6. The average Bonchev–Trinajstić information content (AvgIpc) is 3.14. The number of halogens is 1. The number of rotatable bonds is 8. The fourth-order valence-electron chi connectivity index (χ4n) is 3.02. The van der Waals surface area contributed by atoms with Crippen LogP contribution in [0.4, 0.5) is 0 Å². The Morgan fingerprint density at radius 3 is 2.67 bits per heavy atom. The predicted molar refractivity (Wildman–Crippen MR) is 106 cm³/mol. The molecule has 2 N–H and O–H groups in total. The molecule has 3 aromatic rings. The first-order valence-electron chi connectivity index (χ1n) is 8.75. The molecule has 140 valence electrons. The third-order valence-corrected chi connectivity index (χ3v) is 4.67. The Morgan fingerprint density at radius 1 is 1.19 bits per heavy atom. The molecule has 1 aromatic heterocycles. The molecule has 5 nitrogen and oxygen atoms in total. The van der Waals surface area contributed by atoms with Crippen LogP contribution in [0.3, 0.4) is 0 Å². The van der Waals surface area contributed by atoms with Crippen LogP contribution in [0.1, 0.15) is 34.9 Å². The van der Waals surface area contributed by atoms with Gasteiger partial charge in [0.05, 0.1) is 24.5 Å². The molecule has 0 saturated heterocycles. The van der Waals surface area contributed by atoms with Crippen LogP contribution in [-0.4, -0.2) is 23.2 Å². The number of nitrogens with one attached hydrogen (secondary N) is 2. The molecule has 0 bridgehead atoms. The van der Waals surface area contributed by atoms with Crippen molar-refractivity contribution in [2.45, 2.75) is 25.5 Å². The molecule has 1 atom stereocenters. The molecule has 0 aliphatic heterocycles. The van der Waals surface area contributed by atoms with Crippen LogP contribution in [0.25, 0.3) is 0 Å². The average molecular weight is 384 g/mol. The first-order chi connectivity index (χ1) is 13.2. The van der Waals surface area contributed by atoms with E-state index in [2.05, 4.69) is 15.5 Å². The largest absolute Gasteiger partial charge is 0.378 e. The van der Waals surface area contributed by atoms with E-state index in [1.54, 1.807) is 7.11 Å². The highest BCUT2D eigenvalue weighted by atomic mass is 35.5. The Morgan fingerprint density at radius 2 is 1.93 bits per heavy atom. The Bertz CT molecular complexity index is 880. The van der Waals surface area contributed by atoms with Gasteiger partial charge in [-0.1, -0.05) is 60.1 Å². The normalized spacial score (nSPS) is 11.9. The van der Waals surface area contributed by atoms with Gasteiger partial charge in [-0.05, 0) is 23.3 Å².